The summed E-state index contributed by atoms with van der Waals surface area (Å²) in [7, 11) is 0. The minimum Gasteiger partial charge on any atom is -0.366 e. The summed E-state index contributed by atoms with van der Waals surface area (Å²) in [5.41, 5.74) is 1.72. The highest BCUT2D eigenvalue weighted by Gasteiger charge is 2.05. The van der Waals surface area contributed by atoms with Crippen LogP contribution in [0.3, 0.4) is 0 Å². The van der Waals surface area contributed by atoms with Crippen LogP contribution in [0.1, 0.15) is 5.56 Å². The van der Waals surface area contributed by atoms with E-state index in [9.17, 15) is 4.39 Å². The van der Waals surface area contributed by atoms with Gasteiger partial charge in [0.25, 0.3) is 0 Å². The maximum Gasteiger partial charge on any atom is 0.163 e. The number of hydrogen-bond acceptors (Lipinski definition) is 3. The predicted octanol–water partition coefficient (Wildman–Crippen LogP) is 4.55. The molecule has 0 aliphatic carbocycles. The molecule has 2 aromatic carbocycles. The number of hydrogen-bond donors (Lipinski definition) is 1. The Kier molecular flexibility index (Phi) is 4.30. The predicted molar refractivity (Wildman–Crippen MR) is 86.2 cm³/mol. The maximum absolute atomic E-state index is 13.2. The van der Waals surface area contributed by atoms with Crippen molar-refractivity contribution in [2.75, 3.05) is 5.32 Å². The van der Waals surface area contributed by atoms with Gasteiger partial charge in [0.2, 0.25) is 0 Å². The van der Waals surface area contributed by atoms with Gasteiger partial charge < -0.3 is 5.32 Å². The summed E-state index contributed by atoms with van der Waals surface area (Å²) in [6.45, 7) is 0.458. The van der Waals surface area contributed by atoms with Crippen molar-refractivity contribution in [2.45, 2.75) is 6.54 Å². The fourth-order valence-electron chi connectivity index (χ4n) is 2.06. The van der Waals surface area contributed by atoms with Gasteiger partial charge in [-0.05, 0) is 17.7 Å². The van der Waals surface area contributed by atoms with Crippen LogP contribution in [-0.2, 0) is 6.54 Å². The molecule has 0 unspecified atom stereocenters. The van der Waals surface area contributed by atoms with Crippen LogP contribution < -0.4 is 5.32 Å². The Morgan fingerprint density at radius 1 is 0.955 bits per heavy atom. The summed E-state index contributed by atoms with van der Waals surface area (Å²) in [6.07, 6.45) is 0. The molecule has 0 atom stereocenters. The first-order valence-electron chi connectivity index (χ1n) is 6.79. The van der Waals surface area contributed by atoms with E-state index in [0.717, 1.165) is 11.1 Å². The average molecular weight is 314 g/mol. The zero-order valence-corrected chi connectivity index (χ0v) is 12.4. The van der Waals surface area contributed by atoms with E-state index in [1.807, 2.05) is 36.4 Å². The first-order valence-corrected chi connectivity index (χ1v) is 7.17. The van der Waals surface area contributed by atoms with E-state index in [0.29, 0.717) is 23.3 Å². The second-order valence-electron chi connectivity index (χ2n) is 4.75. The summed E-state index contributed by atoms with van der Waals surface area (Å²) < 4.78 is 13.2. The van der Waals surface area contributed by atoms with Crippen LogP contribution in [0, 0.1) is 5.82 Å². The Hall–Kier alpha value is -2.46. The lowest BCUT2D eigenvalue weighted by molar-refractivity contribution is 0.626. The first-order chi connectivity index (χ1) is 10.7. The number of nitrogens with zero attached hydrogens (tertiary/aromatic N) is 2. The Morgan fingerprint density at radius 3 is 2.55 bits per heavy atom. The van der Waals surface area contributed by atoms with Gasteiger partial charge in [-0.1, -0.05) is 54.1 Å². The average Bonchev–Trinajstić information content (AvgIpc) is 2.53. The van der Waals surface area contributed by atoms with E-state index in [1.54, 1.807) is 12.1 Å². The van der Waals surface area contributed by atoms with Crippen LogP contribution in [0.2, 0.25) is 5.15 Å². The lowest BCUT2D eigenvalue weighted by Gasteiger charge is -2.08. The van der Waals surface area contributed by atoms with E-state index >= 15 is 0 Å². The maximum atomic E-state index is 13.2. The van der Waals surface area contributed by atoms with Crippen LogP contribution in [-0.4, -0.2) is 9.97 Å². The zero-order valence-electron chi connectivity index (χ0n) is 11.6. The molecule has 0 amide bonds. The van der Waals surface area contributed by atoms with Crippen molar-refractivity contribution in [1.29, 1.82) is 0 Å². The third kappa shape index (κ3) is 3.59. The molecule has 0 saturated heterocycles. The second kappa shape index (κ2) is 6.54. The molecule has 5 heteroatoms. The third-order valence-electron chi connectivity index (χ3n) is 3.09. The molecule has 0 aliphatic rings. The molecule has 110 valence electrons. The molecule has 0 radical (unpaired) electrons. The molecule has 0 aliphatic heterocycles. The van der Waals surface area contributed by atoms with E-state index < -0.39 is 0 Å². The summed E-state index contributed by atoms with van der Waals surface area (Å²) in [6, 6.07) is 17.7. The van der Waals surface area contributed by atoms with E-state index in [1.165, 1.54) is 12.1 Å². The molecule has 3 aromatic rings. The second-order valence-corrected chi connectivity index (χ2v) is 5.14. The molecule has 0 saturated carbocycles. The lowest BCUT2D eigenvalue weighted by Crippen LogP contribution is -2.03. The standard InChI is InChI=1S/C17H13ClFN3/c18-15-10-16(20-11-12-5-4-8-14(19)9-12)22-17(21-15)13-6-2-1-3-7-13/h1-10H,11H2,(H,20,21,22). The van der Waals surface area contributed by atoms with Crippen LogP contribution in [0.4, 0.5) is 10.2 Å². The molecule has 0 bridgehead atoms. The van der Waals surface area contributed by atoms with Gasteiger partial charge in [-0.25, -0.2) is 14.4 Å². The number of benzene rings is 2. The van der Waals surface area contributed by atoms with Gasteiger partial charge in [0.15, 0.2) is 5.82 Å². The minimum atomic E-state index is -0.259. The van der Waals surface area contributed by atoms with E-state index in [-0.39, 0.29) is 5.82 Å². The molecule has 0 fully saturated rings. The van der Waals surface area contributed by atoms with Crippen molar-refractivity contribution in [1.82, 2.24) is 9.97 Å². The molecule has 1 N–H and O–H groups in total. The van der Waals surface area contributed by atoms with Gasteiger partial charge in [0.1, 0.15) is 16.8 Å². The quantitative estimate of drug-likeness (QED) is 0.718. The molecule has 1 heterocycles. The SMILES string of the molecule is Fc1cccc(CNc2cc(Cl)nc(-c3ccccc3)n2)c1. The Balaban J connectivity index is 1.81. The fraction of sp³-hybridized carbons (Fsp3) is 0.0588. The smallest absolute Gasteiger partial charge is 0.163 e. The Morgan fingerprint density at radius 2 is 1.77 bits per heavy atom. The van der Waals surface area contributed by atoms with Crippen molar-refractivity contribution < 1.29 is 4.39 Å². The molecular weight excluding hydrogens is 301 g/mol. The number of nitrogens with one attached hydrogen (secondary N) is 1. The van der Waals surface area contributed by atoms with Crippen molar-refractivity contribution in [3.63, 3.8) is 0 Å². The topological polar surface area (TPSA) is 37.8 Å². The highest BCUT2D eigenvalue weighted by atomic mass is 35.5. The monoisotopic (exact) mass is 313 g/mol. The van der Waals surface area contributed by atoms with Crippen molar-refractivity contribution in [3.05, 3.63) is 77.2 Å². The molecule has 3 nitrogen and oxygen atoms in total. The Labute approximate surface area is 132 Å². The van der Waals surface area contributed by atoms with E-state index in [2.05, 4.69) is 15.3 Å². The summed E-state index contributed by atoms with van der Waals surface area (Å²) in [4.78, 5) is 8.67. The third-order valence-corrected chi connectivity index (χ3v) is 3.28. The van der Waals surface area contributed by atoms with Gasteiger partial charge in [-0.3, -0.25) is 0 Å². The molecule has 22 heavy (non-hydrogen) atoms. The Bertz CT molecular complexity index is 778. The van der Waals surface area contributed by atoms with E-state index in [4.69, 9.17) is 11.6 Å². The van der Waals surface area contributed by atoms with Crippen LogP contribution in [0.15, 0.2) is 60.7 Å². The normalized spacial score (nSPS) is 10.5. The number of aromatic nitrogens is 2. The van der Waals surface area contributed by atoms with Crippen molar-refractivity contribution >= 4 is 17.4 Å². The van der Waals surface area contributed by atoms with Crippen molar-refractivity contribution in [2.24, 2.45) is 0 Å². The van der Waals surface area contributed by atoms with Gasteiger partial charge in [-0.15, -0.1) is 0 Å². The molecule has 0 spiro atoms. The van der Waals surface area contributed by atoms with Crippen molar-refractivity contribution in [3.8, 4) is 11.4 Å². The van der Waals surface area contributed by atoms with Crippen LogP contribution >= 0.6 is 11.6 Å². The van der Waals surface area contributed by atoms with Gasteiger partial charge in [0, 0.05) is 18.2 Å². The van der Waals surface area contributed by atoms with Gasteiger partial charge >= 0.3 is 0 Å². The molecular formula is C17H13ClFN3. The molecule has 3 rings (SSSR count). The lowest BCUT2D eigenvalue weighted by atomic mass is 10.2. The minimum absolute atomic E-state index is 0.259. The summed E-state index contributed by atoms with van der Waals surface area (Å²) in [5.74, 6) is 0.892. The highest BCUT2D eigenvalue weighted by Crippen LogP contribution is 2.20. The summed E-state index contributed by atoms with van der Waals surface area (Å²) >= 11 is 6.06. The fourth-order valence-corrected chi connectivity index (χ4v) is 2.25. The largest absolute Gasteiger partial charge is 0.366 e. The zero-order chi connectivity index (χ0) is 15.4. The molecule has 1 aromatic heterocycles. The number of halogens is 2. The van der Waals surface area contributed by atoms with Crippen LogP contribution in [0.5, 0.6) is 0 Å². The van der Waals surface area contributed by atoms with Gasteiger partial charge in [0.05, 0.1) is 0 Å². The van der Waals surface area contributed by atoms with Gasteiger partial charge in [-0.2, -0.15) is 0 Å². The number of anilines is 1. The first kappa shape index (κ1) is 14.5. The highest BCUT2D eigenvalue weighted by molar-refractivity contribution is 6.29. The number of rotatable bonds is 4. The summed E-state index contributed by atoms with van der Waals surface area (Å²) in [5, 5.41) is 3.49. The van der Waals surface area contributed by atoms with Crippen LogP contribution in [0.25, 0.3) is 11.4 Å².